The Morgan fingerprint density at radius 3 is 2.75 bits per heavy atom. The normalized spacial score (nSPS) is 13.2. The third kappa shape index (κ3) is 2.12. The lowest BCUT2D eigenvalue weighted by atomic mass is 10.1. The van der Waals surface area contributed by atoms with Gasteiger partial charge < -0.3 is 9.52 Å². The van der Waals surface area contributed by atoms with Crippen LogP contribution in [-0.4, -0.2) is 14.9 Å². The second-order valence-electron chi connectivity index (χ2n) is 5.39. The summed E-state index contributed by atoms with van der Waals surface area (Å²) in [5.41, 5.74) is 2.65. The average Bonchev–Trinajstić information content (AvgIpc) is 3.05. The molecule has 0 aliphatic carbocycles. The summed E-state index contributed by atoms with van der Waals surface area (Å²) < 4.78 is 7.62. The van der Waals surface area contributed by atoms with Crippen LogP contribution in [0.25, 0.3) is 11.0 Å². The minimum atomic E-state index is -0.783. The van der Waals surface area contributed by atoms with Crippen LogP contribution in [0.4, 0.5) is 0 Å². The van der Waals surface area contributed by atoms with Crippen LogP contribution in [-0.2, 0) is 0 Å². The van der Waals surface area contributed by atoms with Gasteiger partial charge in [-0.2, -0.15) is 5.10 Å². The van der Waals surface area contributed by atoms with E-state index in [4.69, 9.17) is 4.42 Å². The molecule has 104 valence electrons. The molecule has 0 aliphatic rings. The Morgan fingerprint density at radius 1 is 1.30 bits per heavy atom. The third-order valence-corrected chi connectivity index (χ3v) is 3.50. The first-order valence-electron chi connectivity index (χ1n) is 6.77. The molecular formula is C16H18N2O2. The first-order valence-corrected chi connectivity index (χ1v) is 6.77. The van der Waals surface area contributed by atoms with Crippen LogP contribution >= 0.6 is 0 Å². The molecule has 2 aromatic heterocycles. The zero-order valence-electron chi connectivity index (χ0n) is 11.9. The number of furan rings is 1. The van der Waals surface area contributed by atoms with E-state index in [1.165, 1.54) is 0 Å². The summed E-state index contributed by atoms with van der Waals surface area (Å²) in [6.07, 6.45) is 2.76. The molecule has 0 aliphatic heterocycles. The van der Waals surface area contributed by atoms with Gasteiger partial charge in [0.1, 0.15) is 17.4 Å². The number of benzene rings is 1. The Kier molecular flexibility index (Phi) is 3.10. The van der Waals surface area contributed by atoms with Crippen molar-refractivity contribution in [3.8, 4) is 0 Å². The highest BCUT2D eigenvalue weighted by atomic mass is 16.4. The van der Waals surface area contributed by atoms with Crippen molar-refractivity contribution in [2.45, 2.75) is 32.9 Å². The number of aliphatic hydroxyl groups excluding tert-OH is 1. The van der Waals surface area contributed by atoms with E-state index in [1.807, 2.05) is 55.9 Å². The minimum absolute atomic E-state index is 0.272. The maximum absolute atomic E-state index is 10.4. The third-order valence-electron chi connectivity index (χ3n) is 3.50. The maximum atomic E-state index is 10.4. The van der Waals surface area contributed by atoms with Crippen molar-refractivity contribution >= 4 is 11.0 Å². The number of fused-ring (bicyclic) bond motifs is 1. The molecule has 3 aromatic rings. The van der Waals surface area contributed by atoms with Gasteiger partial charge in [0.15, 0.2) is 0 Å². The second-order valence-corrected chi connectivity index (χ2v) is 5.39. The fourth-order valence-corrected chi connectivity index (χ4v) is 2.30. The predicted molar refractivity (Wildman–Crippen MR) is 77.6 cm³/mol. The Morgan fingerprint density at radius 2 is 2.10 bits per heavy atom. The lowest BCUT2D eigenvalue weighted by molar-refractivity contribution is 0.192. The molecule has 0 bridgehead atoms. The highest BCUT2D eigenvalue weighted by molar-refractivity contribution is 5.81. The molecule has 0 spiro atoms. The molecule has 1 unspecified atom stereocenters. The number of aromatic nitrogens is 2. The lowest BCUT2D eigenvalue weighted by Crippen LogP contribution is -2.01. The summed E-state index contributed by atoms with van der Waals surface area (Å²) in [6, 6.07) is 8.13. The SMILES string of the molecule is Cc1cccc2cc(C(O)c3cnn(C(C)C)c3)oc12. The summed E-state index contributed by atoms with van der Waals surface area (Å²) in [7, 11) is 0. The van der Waals surface area contributed by atoms with Crippen molar-refractivity contribution in [3.63, 3.8) is 0 Å². The van der Waals surface area contributed by atoms with Crippen LogP contribution < -0.4 is 0 Å². The van der Waals surface area contributed by atoms with Crippen molar-refractivity contribution in [1.82, 2.24) is 9.78 Å². The summed E-state index contributed by atoms with van der Waals surface area (Å²) in [5.74, 6) is 0.553. The molecule has 1 N–H and O–H groups in total. The van der Waals surface area contributed by atoms with E-state index < -0.39 is 6.10 Å². The molecule has 20 heavy (non-hydrogen) atoms. The first-order chi connectivity index (χ1) is 9.56. The standard InChI is InChI=1S/C16H18N2O2/c1-10(2)18-9-13(8-17-18)15(19)14-7-12-6-4-5-11(3)16(12)20-14/h4-10,15,19H,1-3H3. The molecule has 0 radical (unpaired) electrons. The number of nitrogens with zero attached hydrogens (tertiary/aromatic N) is 2. The van der Waals surface area contributed by atoms with Crippen LogP contribution in [0.3, 0.4) is 0 Å². The van der Waals surface area contributed by atoms with Gasteiger partial charge in [-0.15, -0.1) is 0 Å². The van der Waals surface area contributed by atoms with Crippen molar-refractivity contribution in [1.29, 1.82) is 0 Å². The monoisotopic (exact) mass is 270 g/mol. The van der Waals surface area contributed by atoms with E-state index >= 15 is 0 Å². The van der Waals surface area contributed by atoms with E-state index in [-0.39, 0.29) is 6.04 Å². The van der Waals surface area contributed by atoms with Crippen molar-refractivity contribution in [3.05, 3.63) is 53.5 Å². The summed E-state index contributed by atoms with van der Waals surface area (Å²) in [6.45, 7) is 6.10. The number of rotatable bonds is 3. The molecule has 2 heterocycles. The minimum Gasteiger partial charge on any atom is -0.458 e. The molecule has 0 saturated heterocycles. The lowest BCUT2D eigenvalue weighted by Gasteiger charge is -2.05. The van der Waals surface area contributed by atoms with Gasteiger partial charge in [-0.1, -0.05) is 18.2 Å². The highest BCUT2D eigenvalue weighted by Crippen LogP contribution is 2.29. The quantitative estimate of drug-likeness (QED) is 0.791. The van der Waals surface area contributed by atoms with Gasteiger partial charge >= 0.3 is 0 Å². The van der Waals surface area contributed by atoms with Gasteiger partial charge in [0.2, 0.25) is 0 Å². The van der Waals surface area contributed by atoms with Crippen molar-refractivity contribution in [2.24, 2.45) is 0 Å². The largest absolute Gasteiger partial charge is 0.458 e. The van der Waals surface area contributed by atoms with Crippen LogP contribution in [0.1, 0.15) is 42.9 Å². The van der Waals surface area contributed by atoms with E-state index in [1.54, 1.807) is 6.20 Å². The van der Waals surface area contributed by atoms with Crippen LogP contribution in [0.2, 0.25) is 0 Å². The van der Waals surface area contributed by atoms with Gasteiger partial charge in [0, 0.05) is 23.2 Å². The fourth-order valence-electron chi connectivity index (χ4n) is 2.30. The molecule has 0 saturated carbocycles. The van der Waals surface area contributed by atoms with Crippen LogP contribution in [0.5, 0.6) is 0 Å². The Labute approximate surface area is 117 Å². The van der Waals surface area contributed by atoms with Gasteiger partial charge in [-0.3, -0.25) is 4.68 Å². The zero-order valence-corrected chi connectivity index (χ0v) is 11.9. The Bertz CT molecular complexity index is 740. The summed E-state index contributed by atoms with van der Waals surface area (Å²) in [5, 5.41) is 15.7. The number of aryl methyl sites for hydroxylation is 1. The number of para-hydroxylation sites is 1. The van der Waals surface area contributed by atoms with Crippen molar-refractivity contribution < 1.29 is 9.52 Å². The topological polar surface area (TPSA) is 51.2 Å². The highest BCUT2D eigenvalue weighted by Gasteiger charge is 2.18. The van der Waals surface area contributed by atoms with Crippen LogP contribution in [0, 0.1) is 6.92 Å². The van der Waals surface area contributed by atoms with E-state index in [9.17, 15) is 5.11 Å². The first kappa shape index (κ1) is 12.9. The number of aliphatic hydroxyl groups is 1. The Balaban J connectivity index is 1.99. The van der Waals surface area contributed by atoms with Crippen molar-refractivity contribution in [2.75, 3.05) is 0 Å². The van der Waals surface area contributed by atoms with Gasteiger partial charge in [0.05, 0.1) is 6.20 Å². The molecule has 4 nitrogen and oxygen atoms in total. The average molecular weight is 270 g/mol. The fraction of sp³-hybridized carbons (Fsp3) is 0.312. The molecule has 0 amide bonds. The summed E-state index contributed by atoms with van der Waals surface area (Å²) >= 11 is 0. The van der Waals surface area contributed by atoms with Crippen LogP contribution in [0.15, 0.2) is 41.1 Å². The number of hydrogen-bond donors (Lipinski definition) is 1. The maximum Gasteiger partial charge on any atom is 0.140 e. The van der Waals surface area contributed by atoms with E-state index in [0.717, 1.165) is 22.1 Å². The molecular weight excluding hydrogens is 252 g/mol. The molecule has 1 atom stereocenters. The van der Waals surface area contributed by atoms with Gasteiger partial charge in [-0.25, -0.2) is 0 Å². The second kappa shape index (κ2) is 4.80. The predicted octanol–water partition coefficient (Wildman–Crippen LogP) is 3.60. The smallest absolute Gasteiger partial charge is 0.140 e. The molecule has 1 aromatic carbocycles. The van der Waals surface area contributed by atoms with Gasteiger partial charge in [-0.05, 0) is 32.4 Å². The van der Waals surface area contributed by atoms with E-state index in [2.05, 4.69) is 5.10 Å². The molecule has 0 fully saturated rings. The van der Waals surface area contributed by atoms with Gasteiger partial charge in [0.25, 0.3) is 0 Å². The molecule has 3 rings (SSSR count). The van der Waals surface area contributed by atoms with E-state index in [0.29, 0.717) is 5.76 Å². The summed E-state index contributed by atoms with van der Waals surface area (Å²) in [4.78, 5) is 0. The molecule has 4 heteroatoms. The zero-order chi connectivity index (χ0) is 14.3. The Hall–Kier alpha value is -2.07. The number of hydrogen-bond acceptors (Lipinski definition) is 3.